The Labute approximate surface area is 168 Å². The van der Waals surface area contributed by atoms with Gasteiger partial charge in [-0.15, -0.1) is 0 Å². The van der Waals surface area contributed by atoms with Crippen molar-refractivity contribution in [3.05, 3.63) is 73.6 Å². The monoisotopic (exact) mass is 417 g/mol. The zero-order chi connectivity index (χ0) is 20.4. The average Bonchev–Trinajstić information content (AvgIpc) is 2.91. The molecule has 1 aliphatic heterocycles. The summed E-state index contributed by atoms with van der Waals surface area (Å²) < 4.78 is 0. The first-order valence-electron chi connectivity index (χ1n) is 7.80. The Morgan fingerprint density at radius 2 is 2.07 bits per heavy atom. The number of amidine groups is 1. The van der Waals surface area contributed by atoms with E-state index in [-0.39, 0.29) is 22.2 Å². The maximum Gasteiger partial charge on any atom is 0.335 e. The van der Waals surface area contributed by atoms with Crippen LogP contribution in [-0.2, 0) is 4.79 Å². The van der Waals surface area contributed by atoms with Crippen molar-refractivity contribution in [1.29, 1.82) is 0 Å². The van der Waals surface area contributed by atoms with Gasteiger partial charge in [0.05, 0.1) is 21.1 Å². The SMILES string of the molecule is CN1C(=O)C(=Cc2ccc(Cl)c([N+](=O)[O-])c2)SC1=Nc1cccc(C(=O)O)c1. The number of aromatic carboxylic acids is 1. The second-order valence-electron chi connectivity index (χ2n) is 5.69. The summed E-state index contributed by atoms with van der Waals surface area (Å²) in [4.78, 5) is 40.0. The van der Waals surface area contributed by atoms with Crippen molar-refractivity contribution < 1.29 is 19.6 Å². The van der Waals surface area contributed by atoms with Crippen LogP contribution >= 0.6 is 23.4 Å². The van der Waals surface area contributed by atoms with E-state index in [9.17, 15) is 19.7 Å². The number of benzene rings is 2. The Kier molecular flexibility index (Phi) is 5.48. The van der Waals surface area contributed by atoms with E-state index < -0.39 is 10.9 Å². The van der Waals surface area contributed by atoms with Crippen molar-refractivity contribution >= 4 is 57.9 Å². The number of thioether (sulfide) groups is 1. The van der Waals surface area contributed by atoms with Gasteiger partial charge in [-0.1, -0.05) is 23.7 Å². The fourth-order valence-electron chi connectivity index (χ4n) is 2.38. The molecule has 2 aromatic rings. The van der Waals surface area contributed by atoms with Gasteiger partial charge in [0.15, 0.2) is 5.17 Å². The number of halogens is 1. The van der Waals surface area contributed by atoms with Gasteiger partial charge in [-0.25, -0.2) is 9.79 Å². The second-order valence-corrected chi connectivity index (χ2v) is 7.11. The molecule has 1 heterocycles. The number of aliphatic imine (C=N–C) groups is 1. The van der Waals surface area contributed by atoms with Gasteiger partial charge in [-0.3, -0.25) is 19.8 Å². The van der Waals surface area contributed by atoms with E-state index in [4.69, 9.17) is 16.7 Å². The first-order valence-corrected chi connectivity index (χ1v) is 8.99. The standard InChI is InChI=1S/C18H12ClN3O5S/c1-21-16(23)15(8-10-5-6-13(19)14(7-10)22(26)27)28-18(21)20-12-4-2-3-11(9-12)17(24)25/h2-9H,1H3,(H,24,25). The Morgan fingerprint density at radius 3 is 2.75 bits per heavy atom. The summed E-state index contributed by atoms with van der Waals surface area (Å²) in [6, 6.07) is 10.3. The Morgan fingerprint density at radius 1 is 1.32 bits per heavy atom. The molecule has 0 saturated carbocycles. The molecule has 0 spiro atoms. The minimum atomic E-state index is -1.07. The molecule has 10 heteroatoms. The average molecular weight is 418 g/mol. The van der Waals surface area contributed by atoms with Crippen LogP contribution < -0.4 is 0 Å². The molecule has 1 aliphatic rings. The smallest absolute Gasteiger partial charge is 0.335 e. The maximum absolute atomic E-state index is 12.5. The molecule has 8 nitrogen and oxygen atoms in total. The Balaban J connectivity index is 1.92. The highest BCUT2D eigenvalue weighted by molar-refractivity contribution is 8.18. The first-order chi connectivity index (χ1) is 13.3. The van der Waals surface area contributed by atoms with Gasteiger partial charge in [-0.05, 0) is 47.7 Å². The molecular formula is C18H12ClN3O5S. The molecule has 1 amide bonds. The molecule has 2 aromatic carbocycles. The van der Waals surface area contributed by atoms with Gasteiger partial charge in [0.25, 0.3) is 11.6 Å². The van der Waals surface area contributed by atoms with Crippen LogP contribution in [0.1, 0.15) is 15.9 Å². The zero-order valence-corrected chi connectivity index (χ0v) is 15.9. The third-order valence-electron chi connectivity index (χ3n) is 3.79. The van der Waals surface area contributed by atoms with Crippen molar-refractivity contribution in [1.82, 2.24) is 4.90 Å². The van der Waals surface area contributed by atoms with Gasteiger partial charge in [0.2, 0.25) is 0 Å². The number of carboxylic acids is 1. The normalized spacial score (nSPS) is 16.8. The summed E-state index contributed by atoms with van der Waals surface area (Å²) in [7, 11) is 1.54. The molecule has 1 N–H and O–H groups in total. The van der Waals surface area contributed by atoms with Crippen LogP contribution in [0.5, 0.6) is 0 Å². The minimum Gasteiger partial charge on any atom is -0.478 e. The molecule has 0 bridgehead atoms. The summed E-state index contributed by atoms with van der Waals surface area (Å²) in [5, 5.41) is 20.5. The molecule has 0 radical (unpaired) electrons. The lowest BCUT2D eigenvalue weighted by Crippen LogP contribution is -2.23. The molecule has 28 heavy (non-hydrogen) atoms. The zero-order valence-electron chi connectivity index (χ0n) is 14.3. The molecule has 0 unspecified atom stereocenters. The number of hydrogen-bond donors (Lipinski definition) is 1. The highest BCUT2D eigenvalue weighted by atomic mass is 35.5. The quantitative estimate of drug-likeness (QED) is 0.453. The number of nitro groups is 1. The number of rotatable bonds is 4. The second kappa shape index (κ2) is 7.83. The maximum atomic E-state index is 12.5. The highest BCUT2D eigenvalue weighted by Crippen LogP contribution is 2.34. The lowest BCUT2D eigenvalue weighted by molar-refractivity contribution is -0.384. The molecule has 0 atom stereocenters. The topological polar surface area (TPSA) is 113 Å². The van der Waals surface area contributed by atoms with E-state index in [1.54, 1.807) is 25.2 Å². The summed E-state index contributed by atoms with van der Waals surface area (Å²) >= 11 is 6.89. The van der Waals surface area contributed by atoms with E-state index in [0.29, 0.717) is 21.3 Å². The van der Waals surface area contributed by atoms with Crippen molar-refractivity contribution in [3.8, 4) is 0 Å². The van der Waals surface area contributed by atoms with E-state index in [1.165, 1.54) is 35.2 Å². The lowest BCUT2D eigenvalue weighted by atomic mass is 10.2. The van der Waals surface area contributed by atoms with E-state index in [0.717, 1.165) is 11.8 Å². The van der Waals surface area contributed by atoms with Gasteiger partial charge in [0.1, 0.15) is 5.02 Å². The van der Waals surface area contributed by atoms with E-state index in [1.807, 2.05) is 0 Å². The number of carboxylic acid groups (broad SMARTS) is 1. The van der Waals surface area contributed by atoms with Gasteiger partial charge in [-0.2, -0.15) is 0 Å². The molecule has 3 rings (SSSR count). The van der Waals surface area contributed by atoms with Gasteiger partial charge in [0, 0.05) is 13.1 Å². The predicted octanol–water partition coefficient (Wildman–Crippen LogP) is 4.18. The highest BCUT2D eigenvalue weighted by Gasteiger charge is 2.30. The Bertz CT molecular complexity index is 1070. The number of carbonyl (C=O) groups is 2. The molecule has 0 aliphatic carbocycles. The number of nitro benzene ring substituents is 1. The summed E-state index contributed by atoms with van der Waals surface area (Å²) in [5.41, 5.74) is 0.683. The molecule has 0 aromatic heterocycles. The van der Waals surface area contributed by atoms with Gasteiger partial charge >= 0.3 is 5.97 Å². The number of nitrogens with zero attached hydrogens (tertiary/aromatic N) is 3. The van der Waals surface area contributed by atoms with E-state index in [2.05, 4.69) is 4.99 Å². The fourth-order valence-corrected chi connectivity index (χ4v) is 3.55. The van der Waals surface area contributed by atoms with Crippen molar-refractivity contribution in [2.24, 2.45) is 4.99 Å². The van der Waals surface area contributed by atoms with Crippen LogP contribution in [0, 0.1) is 10.1 Å². The molecule has 1 fully saturated rings. The van der Waals surface area contributed by atoms with Crippen LogP contribution in [0.25, 0.3) is 6.08 Å². The first kappa shape index (κ1) is 19.6. The third-order valence-corrected chi connectivity index (χ3v) is 5.17. The summed E-state index contributed by atoms with van der Waals surface area (Å²) in [6.07, 6.45) is 1.52. The lowest BCUT2D eigenvalue weighted by Gasteiger charge is -2.07. The molecular weight excluding hydrogens is 406 g/mol. The number of carbonyl (C=O) groups excluding carboxylic acids is 1. The van der Waals surface area contributed by atoms with Crippen LogP contribution in [0.2, 0.25) is 5.02 Å². The molecule has 1 saturated heterocycles. The fraction of sp³-hybridized carbons (Fsp3) is 0.0556. The summed E-state index contributed by atoms with van der Waals surface area (Å²) in [6.45, 7) is 0. The van der Waals surface area contributed by atoms with Gasteiger partial charge < -0.3 is 5.11 Å². The Hall–Kier alpha value is -3.17. The number of likely N-dealkylation sites (N-methyl/N-ethyl adjacent to an activating group) is 1. The predicted molar refractivity (Wildman–Crippen MR) is 107 cm³/mol. The van der Waals surface area contributed by atoms with Crippen LogP contribution in [0.3, 0.4) is 0 Å². The number of hydrogen-bond acceptors (Lipinski definition) is 6. The number of amides is 1. The molecule has 142 valence electrons. The van der Waals surface area contributed by atoms with Crippen molar-refractivity contribution in [2.45, 2.75) is 0 Å². The summed E-state index contributed by atoms with van der Waals surface area (Å²) in [5.74, 6) is -1.40. The largest absolute Gasteiger partial charge is 0.478 e. The van der Waals surface area contributed by atoms with Crippen molar-refractivity contribution in [2.75, 3.05) is 7.05 Å². The van der Waals surface area contributed by atoms with Crippen LogP contribution in [0.4, 0.5) is 11.4 Å². The van der Waals surface area contributed by atoms with Crippen LogP contribution in [0.15, 0.2) is 52.4 Å². The van der Waals surface area contributed by atoms with E-state index >= 15 is 0 Å². The minimum absolute atomic E-state index is 0.00948. The van der Waals surface area contributed by atoms with Crippen LogP contribution in [-0.4, -0.2) is 39.0 Å². The third kappa shape index (κ3) is 4.05. The van der Waals surface area contributed by atoms with Crippen molar-refractivity contribution in [3.63, 3.8) is 0 Å².